The minimum absolute atomic E-state index is 0.261. The van der Waals surface area contributed by atoms with E-state index in [4.69, 9.17) is 10.5 Å². The standard InChI is InChI=1S/C19H23NO3/c1-4-23-17(21)12-19(20,22)16-10-6-9-15(11-16)18-13(2)7-5-8-14(18)3/h5-11,22H,4,12,20H2,1-3H3/t19-/m1/s1. The molecule has 3 N–H and O–H groups in total. The zero-order valence-corrected chi connectivity index (χ0v) is 13.8. The number of carbonyl (C=O) groups is 1. The molecule has 122 valence electrons. The van der Waals surface area contributed by atoms with E-state index in [0.29, 0.717) is 5.56 Å². The van der Waals surface area contributed by atoms with Crippen LogP contribution in [0.3, 0.4) is 0 Å². The molecule has 0 heterocycles. The summed E-state index contributed by atoms with van der Waals surface area (Å²) in [4.78, 5) is 11.6. The van der Waals surface area contributed by atoms with Gasteiger partial charge in [-0.05, 0) is 54.7 Å². The van der Waals surface area contributed by atoms with Crippen molar-refractivity contribution in [2.75, 3.05) is 6.61 Å². The van der Waals surface area contributed by atoms with E-state index < -0.39 is 11.7 Å². The van der Waals surface area contributed by atoms with Crippen LogP contribution in [0.5, 0.6) is 0 Å². The lowest BCUT2D eigenvalue weighted by molar-refractivity contribution is -0.148. The van der Waals surface area contributed by atoms with Crippen LogP contribution < -0.4 is 5.73 Å². The molecule has 0 unspecified atom stereocenters. The largest absolute Gasteiger partial charge is 0.466 e. The van der Waals surface area contributed by atoms with Crippen LogP contribution in [0, 0.1) is 13.8 Å². The van der Waals surface area contributed by atoms with Gasteiger partial charge in [0.1, 0.15) is 5.72 Å². The maximum absolute atomic E-state index is 11.6. The number of hydrogen-bond donors (Lipinski definition) is 2. The molecule has 0 saturated carbocycles. The molecule has 0 spiro atoms. The first kappa shape index (κ1) is 17.2. The fourth-order valence-electron chi connectivity index (χ4n) is 2.75. The van der Waals surface area contributed by atoms with Gasteiger partial charge in [-0.25, -0.2) is 0 Å². The van der Waals surface area contributed by atoms with E-state index in [2.05, 4.69) is 0 Å². The van der Waals surface area contributed by atoms with Crippen molar-refractivity contribution in [3.63, 3.8) is 0 Å². The van der Waals surface area contributed by atoms with Crippen molar-refractivity contribution in [2.24, 2.45) is 5.73 Å². The number of benzene rings is 2. The van der Waals surface area contributed by atoms with Crippen LogP contribution in [0.25, 0.3) is 11.1 Å². The highest BCUT2D eigenvalue weighted by Gasteiger charge is 2.28. The Labute approximate surface area is 136 Å². The van der Waals surface area contributed by atoms with Gasteiger partial charge in [0.15, 0.2) is 0 Å². The molecule has 2 aromatic carbocycles. The third kappa shape index (κ3) is 3.97. The van der Waals surface area contributed by atoms with Crippen LogP contribution >= 0.6 is 0 Å². The fourth-order valence-corrected chi connectivity index (χ4v) is 2.75. The number of ether oxygens (including phenoxy) is 1. The summed E-state index contributed by atoms with van der Waals surface area (Å²) in [6.07, 6.45) is -0.281. The molecular weight excluding hydrogens is 290 g/mol. The maximum Gasteiger partial charge on any atom is 0.310 e. The van der Waals surface area contributed by atoms with Gasteiger partial charge in [-0.2, -0.15) is 0 Å². The molecule has 0 amide bonds. The van der Waals surface area contributed by atoms with Gasteiger partial charge in [-0.3, -0.25) is 10.5 Å². The number of carbonyl (C=O) groups excluding carboxylic acids is 1. The quantitative estimate of drug-likeness (QED) is 0.657. The van der Waals surface area contributed by atoms with Crippen molar-refractivity contribution in [2.45, 2.75) is 32.9 Å². The minimum Gasteiger partial charge on any atom is -0.466 e. The number of esters is 1. The summed E-state index contributed by atoms with van der Waals surface area (Å²) < 4.78 is 4.87. The molecule has 1 atom stereocenters. The van der Waals surface area contributed by atoms with E-state index in [1.165, 1.54) is 0 Å². The first-order valence-corrected chi connectivity index (χ1v) is 7.69. The molecule has 0 radical (unpaired) electrons. The second kappa shape index (κ2) is 6.94. The molecule has 0 aliphatic rings. The molecule has 23 heavy (non-hydrogen) atoms. The Bertz CT molecular complexity index is 687. The van der Waals surface area contributed by atoms with Gasteiger partial charge in [0, 0.05) is 0 Å². The lowest BCUT2D eigenvalue weighted by Crippen LogP contribution is -2.39. The lowest BCUT2D eigenvalue weighted by Gasteiger charge is -2.23. The monoisotopic (exact) mass is 313 g/mol. The van der Waals surface area contributed by atoms with Crippen LogP contribution in [-0.4, -0.2) is 17.7 Å². The van der Waals surface area contributed by atoms with Gasteiger partial charge >= 0.3 is 5.97 Å². The topological polar surface area (TPSA) is 72.5 Å². The molecule has 0 aromatic heterocycles. The molecule has 0 bridgehead atoms. The molecule has 0 aliphatic carbocycles. The number of rotatable bonds is 5. The predicted octanol–water partition coefficient (Wildman–Crippen LogP) is 3.03. The van der Waals surface area contributed by atoms with Gasteiger partial charge in [0.25, 0.3) is 0 Å². The van der Waals surface area contributed by atoms with Crippen LogP contribution in [0.2, 0.25) is 0 Å². The highest BCUT2D eigenvalue weighted by Crippen LogP contribution is 2.30. The normalized spacial score (nSPS) is 13.4. The Kier molecular flexibility index (Phi) is 5.19. The average molecular weight is 313 g/mol. The first-order chi connectivity index (χ1) is 10.8. The van der Waals surface area contributed by atoms with Crippen LogP contribution in [0.1, 0.15) is 30.0 Å². The van der Waals surface area contributed by atoms with E-state index in [-0.39, 0.29) is 13.0 Å². The zero-order valence-electron chi connectivity index (χ0n) is 13.8. The molecule has 0 fully saturated rings. The van der Waals surface area contributed by atoms with Crippen molar-refractivity contribution in [1.29, 1.82) is 0 Å². The Balaban J connectivity index is 2.38. The second-order valence-corrected chi connectivity index (χ2v) is 5.75. The number of hydrogen-bond acceptors (Lipinski definition) is 4. The van der Waals surface area contributed by atoms with E-state index in [0.717, 1.165) is 22.3 Å². The molecule has 4 nitrogen and oxygen atoms in total. The van der Waals surface area contributed by atoms with Crippen LogP contribution in [0.15, 0.2) is 42.5 Å². The molecule has 0 aliphatic heterocycles. The summed E-state index contributed by atoms with van der Waals surface area (Å²) in [6.45, 7) is 6.07. The third-order valence-electron chi connectivity index (χ3n) is 3.85. The van der Waals surface area contributed by atoms with E-state index in [1.807, 2.05) is 50.2 Å². The fraction of sp³-hybridized carbons (Fsp3) is 0.316. The van der Waals surface area contributed by atoms with E-state index in [1.54, 1.807) is 13.0 Å². The summed E-state index contributed by atoms with van der Waals surface area (Å²) in [7, 11) is 0. The molecule has 0 saturated heterocycles. The van der Waals surface area contributed by atoms with Crippen LogP contribution in [0.4, 0.5) is 0 Å². The molecule has 4 heteroatoms. The smallest absolute Gasteiger partial charge is 0.310 e. The Morgan fingerprint density at radius 1 is 1.17 bits per heavy atom. The average Bonchev–Trinajstić information content (AvgIpc) is 2.47. The maximum atomic E-state index is 11.6. The summed E-state index contributed by atoms with van der Waals surface area (Å²) >= 11 is 0. The zero-order chi connectivity index (χ0) is 17.0. The van der Waals surface area contributed by atoms with E-state index in [9.17, 15) is 9.90 Å². The summed E-state index contributed by atoms with van der Waals surface area (Å²) in [5.74, 6) is -0.519. The first-order valence-electron chi connectivity index (χ1n) is 7.69. The van der Waals surface area contributed by atoms with Crippen LogP contribution in [-0.2, 0) is 15.3 Å². The van der Waals surface area contributed by atoms with Crippen molar-refractivity contribution in [1.82, 2.24) is 0 Å². The second-order valence-electron chi connectivity index (χ2n) is 5.75. The molecule has 2 rings (SSSR count). The third-order valence-corrected chi connectivity index (χ3v) is 3.85. The van der Waals surface area contributed by atoms with Crippen molar-refractivity contribution < 1.29 is 14.6 Å². The summed E-state index contributed by atoms with van der Waals surface area (Å²) in [6, 6.07) is 13.5. The van der Waals surface area contributed by atoms with Gasteiger partial charge < -0.3 is 9.84 Å². The lowest BCUT2D eigenvalue weighted by atomic mass is 9.91. The highest BCUT2D eigenvalue weighted by molar-refractivity contribution is 5.73. The number of nitrogens with two attached hydrogens (primary N) is 1. The van der Waals surface area contributed by atoms with Gasteiger partial charge in [-0.15, -0.1) is 0 Å². The predicted molar refractivity (Wildman–Crippen MR) is 90.7 cm³/mol. The SMILES string of the molecule is CCOC(=O)C[C@@](N)(O)c1cccc(-c2c(C)cccc2C)c1. The summed E-state index contributed by atoms with van der Waals surface area (Å²) in [5.41, 5.74) is 9.06. The highest BCUT2D eigenvalue weighted by atomic mass is 16.5. The van der Waals surface area contributed by atoms with Gasteiger partial charge in [-0.1, -0.05) is 36.4 Å². The number of aliphatic hydroxyl groups is 1. The number of aryl methyl sites for hydroxylation is 2. The van der Waals surface area contributed by atoms with E-state index >= 15 is 0 Å². The van der Waals surface area contributed by atoms with Crippen molar-refractivity contribution >= 4 is 5.97 Å². The molecular formula is C19H23NO3. The Morgan fingerprint density at radius 3 is 2.39 bits per heavy atom. The van der Waals surface area contributed by atoms with Crippen molar-refractivity contribution in [3.05, 3.63) is 59.2 Å². The summed E-state index contributed by atoms with van der Waals surface area (Å²) in [5, 5.41) is 10.5. The van der Waals surface area contributed by atoms with Gasteiger partial charge in [0.2, 0.25) is 0 Å². The minimum atomic E-state index is -1.75. The Hall–Kier alpha value is -2.17. The molecule has 2 aromatic rings. The Morgan fingerprint density at radius 2 is 1.78 bits per heavy atom. The van der Waals surface area contributed by atoms with Gasteiger partial charge in [0.05, 0.1) is 13.0 Å². The van der Waals surface area contributed by atoms with Crippen molar-refractivity contribution in [3.8, 4) is 11.1 Å².